The number of hydrogen-bond donors (Lipinski definition) is 3. The molecule has 0 saturated carbocycles. The van der Waals surface area contributed by atoms with Crippen molar-refractivity contribution in [3.8, 4) is 5.75 Å². The first-order chi connectivity index (χ1) is 13.9. The Hall–Kier alpha value is -3.64. The molecule has 0 aliphatic rings. The molecule has 0 aliphatic carbocycles. The predicted molar refractivity (Wildman–Crippen MR) is 114 cm³/mol. The van der Waals surface area contributed by atoms with Crippen LogP contribution in [0.15, 0.2) is 77.9 Å². The lowest BCUT2D eigenvalue weighted by Gasteiger charge is -2.07. The average molecular weight is 408 g/mol. The number of phenols is 1. The summed E-state index contributed by atoms with van der Waals surface area (Å²) in [4.78, 5) is 24.3. The van der Waals surface area contributed by atoms with Gasteiger partial charge in [-0.25, -0.2) is 5.43 Å². The Labute approximate surface area is 172 Å². The van der Waals surface area contributed by atoms with E-state index in [1.807, 2.05) is 0 Å². The second-order valence-electron chi connectivity index (χ2n) is 6.22. The van der Waals surface area contributed by atoms with Crippen LogP contribution in [-0.4, -0.2) is 22.6 Å². The summed E-state index contributed by atoms with van der Waals surface area (Å²) in [5.41, 5.74) is 5.40. The molecule has 0 fully saturated rings. The van der Waals surface area contributed by atoms with Crippen LogP contribution in [0.1, 0.15) is 33.2 Å². The van der Waals surface area contributed by atoms with Gasteiger partial charge in [0.15, 0.2) is 0 Å². The number of nitrogens with zero attached hydrogens (tertiary/aromatic N) is 1. The van der Waals surface area contributed by atoms with E-state index in [0.717, 1.165) is 5.56 Å². The zero-order valence-electron chi connectivity index (χ0n) is 15.5. The first kappa shape index (κ1) is 20.1. The molecule has 0 aromatic heterocycles. The molecule has 0 bridgehead atoms. The van der Waals surface area contributed by atoms with E-state index < -0.39 is 0 Å². The molecule has 3 N–H and O–H groups in total. The number of anilines is 1. The van der Waals surface area contributed by atoms with Crippen LogP contribution in [0, 0.1) is 0 Å². The molecule has 2 amide bonds. The minimum absolute atomic E-state index is 0.0875. The number of nitrogens with one attached hydrogen (secondary N) is 2. The van der Waals surface area contributed by atoms with E-state index in [0.29, 0.717) is 27.5 Å². The van der Waals surface area contributed by atoms with Gasteiger partial charge < -0.3 is 10.4 Å². The van der Waals surface area contributed by atoms with Crippen LogP contribution in [0.2, 0.25) is 5.02 Å². The second-order valence-corrected chi connectivity index (χ2v) is 6.66. The number of benzene rings is 3. The first-order valence-corrected chi connectivity index (χ1v) is 9.11. The molecular formula is C22H18ClN3O3. The lowest BCUT2D eigenvalue weighted by atomic mass is 10.1. The highest BCUT2D eigenvalue weighted by atomic mass is 35.5. The standard InChI is InChI=1S/C22H18ClN3O3/c1-14(25-26-22(29)17-6-12-20(27)13-7-17)15-4-10-19(11-5-15)24-21(28)16-2-8-18(23)9-3-16/h2-13,27H,1H3,(H,24,28)(H,26,29)/b25-14-. The molecular weight excluding hydrogens is 390 g/mol. The maximum absolute atomic E-state index is 12.2. The molecule has 0 spiro atoms. The average Bonchev–Trinajstić information content (AvgIpc) is 2.73. The highest BCUT2D eigenvalue weighted by molar-refractivity contribution is 6.30. The third-order valence-electron chi connectivity index (χ3n) is 4.12. The van der Waals surface area contributed by atoms with E-state index >= 15 is 0 Å². The third-order valence-corrected chi connectivity index (χ3v) is 4.37. The summed E-state index contributed by atoms with van der Waals surface area (Å²) in [6.07, 6.45) is 0. The molecule has 0 saturated heterocycles. The van der Waals surface area contributed by atoms with E-state index in [-0.39, 0.29) is 17.6 Å². The summed E-state index contributed by atoms with van der Waals surface area (Å²) < 4.78 is 0. The van der Waals surface area contributed by atoms with Gasteiger partial charge in [0.25, 0.3) is 11.8 Å². The largest absolute Gasteiger partial charge is 0.508 e. The van der Waals surface area contributed by atoms with E-state index in [9.17, 15) is 14.7 Å². The van der Waals surface area contributed by atoms with Crippen molar-refractivity contribution >= 4 is 34.8 Å². The molecule has 3 aromatic rings. The summed E-state index contributed by atoms with van der Waals surface area (Å²) in [5, 5.41) is 16.7. The number of hydrogen-bond acceptors (Lipinski definition) is 4. The van der Waals surface area contributed by atoms with E-state index in [1.165, 1.54) is 24.3 Å². The number of rotatable bonds is 5. The van der Waals surface area contributed by atoms with Crippen molar-refractivity contribution in [2.24, 2.45) is 5.10 Å². The van der Waals surface area contributed by atoms with Crippen molar-refractivity contribution in [3.05, 3.63) is 94.5 Å². The van der Waals surface area contributed by atoms with Gasteiger partial charge in [-0.05, 0) is 73.2 Å². The van der Waals surface area contributed by atoms with Gasteiger partial charge in [0.1, 0.15) is 5.75 Å². The van der Waals surface area contributed by atoms with Crippen molar-refractivity contribution in [1.82, 2.24) is 5.43 Å². The SMILES string of the molecule is C/C(=N/NC(=O)c1ccc(O)cc1)c1ccc(NC(=O)c2ccc(Cl)cc2)cc1. The third kappa shape index (κ3) is 5.43. The highest BCUT2D eigenvalue weighted by Crippen LogP contribution is 2.14. The van der Waals surface area contributed by atoms with Crippen molar-refractivity contribution in [2.75, 3.05) is 5.32 Å². The van der Waals surface area contributed by atoms with Gasteiger partial charge in [0, 0.05) is 21.8 Å². The topological polar surface area (TPSA) is 90.8 Å². The minimum Gasteiger partial charge on any atom is -0.508 e. The Kier molecular flexibility index (Phi) is 6.26. The molecule has 146 valence electrons. The van der Waals surface area contributed by atoms with E-state index in [4.69, 9.17) is 11.6 Å². The Balaban J connectivity index is 1.62. The maximum atomic E-state index is 12.2. The number of hydrazone groups is 1. The Bertz CT molecular complexity index is 1040. The summed E-state index contributed by atoms with van der Waals surface area (Å²) >= 11 is 5.83. The summed E-state index contributed by atoms with van der Waals surface area (Å²) in [6.45, 7) is 1.76. The zero-order valence-corrected chi connectivity index (χ0v) is 16.3. The lowest BCUT2D eigenvalue weighted by Crippen LogP contribution is -2.19. The second kappa shape index (κ2) is 9.03. The van der Waals surface area contributed by atoms with Crippen LogP contribution in [0.5, 0.6) is 5.75 Å². The lowest BCUT2D eigenvalue weighted by molar-refractivity contribution is 0.0954. The number of halogens is 1. The summed E-state index contributed by atoms with van der Waals surface area (Å²) in [5.74, 6) is -0.526. The molecule has 7 heteroatoms. The smallest absolute Gasteiger partial charge is 0.271 e. The van der Waals surface area contributed by atoms with Crippen LogP contribution in [0.4, 0.5) is 5.69 Å². The van der Waals surface area contributed by atoms with Gasteiger partial charge in [0.2, 0.25) is 0 Å². The number of carbonyl (C=O) groups excluding carboxylic acids is 2. The molecule has 29 heavy (non-hydrogen) atoms. The highest BCUT2D eigenvalue weighted by Gasteiger charge is 2.07. The molecule has 6 nitrogen and oxygen atoms in total. The van der Waals surface area contributed by atoms with Gasteiger partial charge in [-0.3, -0.25) is 9.59 Å². The molecule has 3 rings (SSSR count). The molecule has 3 aromatic carbocycles. The predicted octanol–water partition coefficient (Wildman–Crippen LogP) is 4.45. The minimum atomic E-state index is -0.379. The fourth-order valence-corrected chi connectivity index (χ4v) is 2.60. The van der Waals surface area contributed by atoms with E-state index in [1.54, 1.807) is 55.5 Å². The summed E-state index contributed by atoms with van der Waals surface area (Å²) in [7, 11) is 0. The molecule has 0 aliphatic heterocycles. The number of aromatic hydroxyl groups is 1. The Morgan fingerprint density at radius 3 is 1.93 bits per heavy atom. The van der Waals surface area contributed by atoms with Gasteiger partial charge >= 0.3 is 0 Å². The number of carbonyl (C=O) groups is 2. The Morgan fingerprint density at radius 2 is 1.31 bits per heavy atom. The zero-order chi connectivity index (χ0) is 20.8. The van der Waals surface area contributed by atoms with Crippen LogP contribution < -0.4 is 10.7 Å². The van der Waals surface area contributed by atoms with Crippen LogP contribution in [-0.2, 0) is 0 Å². The van der Waals surface area contributed by atoms with Crippen molar-refractivity contribution < 1.29 is 14.7 Å². The normalized spacial score (nSPS) is 11.0. The van der Waals surface area contributed by atoms with Crippen molar-refractivity contribution in [3.63, 3.8) is 0 Å². The van der Waals surface area contributed by atoms with Crippen LogP contribution in [0.25, 0.3) is 0 Å². The molecule has 0 heterocycles. The molecule has 0 radical (unpaired) electrons. The fourth-order valence-electron chi connectivity index (χ4n) is 2.48. The van der Waals surface area contributed by atoms with Crippen molar-refractivity contribution in [2.45, 2.75) is 6.92 Å². The molecule has 0 atom stereocenters. The number of amides is 2. The van der Waals surface area contributed by atoms with Gasteiger partial charge in [0.05, 0.1) is 5.71 Å². The first-order valence-electron chi connectivity index (χ1n) is 8.73. The number of phenolic OH excluding ortho intramolecular Hbond substituents is 1. The maximum Gasteiger partial charge on any atom is 0.271 e. The quantitative estimate of drug-likeness (QED) is 0.431. The van der Waals surface area contributed by atoms with Gasteiger partial charge in [-0.1, -0.05) is 23.7 Å². The van der Waals surface area contributed by atoms with Gasteiger partial charge in [-0.2, -0.15) is 5.10 Å². The summed E-state index contributed by atoms with van der Waals surface area (Å²) in [6, 6.07) is 19.6. The van der Waals surface area contributed by atoms with Crippen LogP contribution in [0.3, 0.4) is 0 Å². The van der Waals surface area contributed by atoms with Crippen molar-refractivity contribution in [1.29, 1.82) is 0 Å². The van der Waals surface area contributed by atoms with Crippen LogP contribution >= 0.6 is 11.6 Å². The Morgan fingerprint density at radius 1 is 0.793 bits per heavy atom. The van der Waals surface area contributed by atoms with Gasteiger partial charge in [-0.15, -0.1) is 0 Å². The van der Waals surface area contributed by atoms with E-state index in [2.05, 4.69) is 15.8 Å². The fraction of sp³-hybridized carbons (Fsp3) is 0.0455. The monoisotopic (exact) mass is 407 g/mol. The molecule has 0 unspecified atom stereocenters.